The maximum Gasteiger partial charge on any atom is 0.329 e. The molecule has 1 fully saturated rings. The van der Waals surface area contributed by atoms with E-state index in [-0.39, 0.29) is 35.2 Å². The molecule has 10 rings (SSSR count). The molecule has 60 heavy (non-hydrogen) atoms. The standard InChI is InChI=1S/C19H22N4O.2C13H12N4O/c1-13(14-8-4-2-5-9-14)23-18-17(22-19(23)24)20-12-16(21-18)15-10-6-3-7-11-15;2*1-9(10-5-3-2-4-6-10)17-12-11(16-13(17)18)14-7-8-15-12/h2,4-5,8-9,12-13,15H,3,6-7,10-11H2,1H3,(H,20,22,24);2*2-9H,1H3,(H,14,16,18)/t13-;2*9-/m000/s1. The van der Waals surface area contributed by atoms with Crippen molar-refractivity contribution < 1.29 is 0 Å². The predicted molar refractivity (Wildman–Crippen MR) is 231 cm³/mol. The number of nitrogens with one attached hydrogen (secondary N) is 3. The van der Waals surface area contributed by atoms with Crippen molar-refractivity contribution in [1.29, 1.82) is 0 Å². The van der Waals surface area contributed by atoms with Crippen LogP contribution in [-0.4, -0.2) is 58.6 Å². The van der Waals surface area contributed by atoms with Crippen LogP contribution in [0.25, 0.3) is 33.9 Å². The van der Waals surface area contributed by atoms with Gasteiger partial charge in [-0.25, -0.2) is 44.3 Å². The van der Waals surface area contributed by atoms with Crippen molar-refractivity contribution in [2.24, 2.45) is 0 Å². The van der Waals surface area contributed by atoms with Crippen LogP contribution in [0.4, 0.5) is 0 Å². The zero-order valence-corrected chi connectivity index (χ0v) is 33.6. The molecule has 3 N–H and O–H groups in total. The highest BCUT2D eigenvalue weighted by Crippen LogP contribution is 2.32. The van der Waals surface area contributed by atoms with Crippen LogP contribution in [0.15, 0.2) is 136 Å². The highest BCUT2D eigenvalue weighted by atomic mass is 16.2. The number of benzene rings is 3. The normalized spacial score (nSPS) is 14.5. The Morgan fingerprint density at radius 3 is 1.27 bits per heavy atom. The largest absolute Gasteiger partial charge is 0.329 e. The van der Waals surface area contributed by atoms with E-state index < -0.39 is 0 Å². The summed E-state index contributed by atoms with van der Waals surface area (Å²) in [5.41, 5.74) is 7.15. The molecule has 1 saturated carbocycles. The average molecular weight is 803 g/mol. The van der Waals surface area contributed by atoms with E-state index in [1.54, 1.807) is 38.5 Å². The number of nitrogens with zero attached hydrogens (tertiary/aromatic N) is 9. The van der Waals surface area contributed by atoms with E-state index in [1.165, 1.54) is 32.1 Å². The molecule has 6 aromatic heterocycles. The lowest BCUT2D eigenvalue weighted by atomic mass is 9.87. The summed E-state index contributed by atoms with van der Waals surface area (Å²) in [5, 5.41) is 0. The Morgan fingerprint density at radius 1 is 0.483 bits per heavy atom. The van der Waals surface area contributed by atoms with Crippen LogP contribution >= 0.6 is 0 Å². The molecule has 9 aromatic rings. The number of hydrogen-bond acceptors (Lipinski definition) is 9. The summed E-state index contributed by atoms with van der Waals surface area (Å²) >= 11 is 0. The number of rotatable bonds is 7. The van der Waals surface area contributed by atoms with E-state index >= 15 is 0 Å². The minimum absolute atomic E-state index is 0.0795. The molecule has 15 heteroatoms. The molecule has 304 valence electrons. The van der Waals surface area contributed by atoms with Gasteiger partial charge in [-0.15, -0.1) is 0 Å². The molecule has 6 heterocycles. The van der Waals surface area contributed by atoms with Gasteiger partial charge >= 0.3 is 17.1 Å². The Balaban J connectivity index is 0.000000127. The second-order valence-corrected chi connectivity index (χ2v) is 14.9. The monoisotopic (exact) mass is 802 g/mol. The van der Waals surface area contributed by atoms with Crippen molar-refractivity contribution in [2.45, 2.75) is 76.9 Å². The molecule has 0 unspecified atom stereocenters. The molecule has 0 radical (unpaired) electrons. The molecule has 3 atom stereocenters. The minimum Gasteiger partial charge on any atom is -0.289 e. The summed E-state index contributed by atoms with van der Waals surface area (Å²) in [5.74, 6) is 0.473. The Bertz CT molecular complexity index is 2870. The van der Waals surface area contributed by atoms with Crippen LogP contribution in [0.1, 0.15) is 99.3 Å². The van der Waals surface area contributed by atoms with Crippen LogP contribution in [0, 0.1) is 0 Å². The average Bonchev–Trinajstić information content (AvgIpc) is 3.94. The molecule has 0 spiro atoms. The quantitative estimate of drug-likeness (QED) is 0.149. The molecular formula is C45H46N12O3. The third-order valence-corrected chi connectivity index (χ3v) is 11.2. The van der Waals surface area contributed by atoms with Gasteiger partial charge in [0.15, 0.2) is 33.9 Å². The SMILES string of the molecule is C[C@@H](c1ccccc1)n1c(=O)[nH]c2ncc(C3CCCCC3)nc21.C[C@@H](c1ccccc1)n1c(=O)[nH]c2nccnc21.C[C@@H](c1ccccc1)n1c(=O)[nH]c2nccnc21. The van der Waals surface area contributed by atoms with Gasteiger partial charge in [-0.05, 0) is 50.3 Å². The third kappa shape index (κ3) is 8.19. The van der Waals surface area contributed by atoms with E-state index in [4.69, 9.17) is 4.98 Å². The molecule has 15 nitrogen and oxygen atoms in total. The van der Waals surface area contributed by atoms with Crippen molar-refractivity contribution in [2.75, 3.05) is 0 Å². The van der Waals surface area contributed by atoms with Crippen molar-refractivity contribution in [3.63, 3.8) is 0 Å². The number of imidazole rings is 3. The van der Waals surface area contributed by atoms with Gasteiger partial charge in [0.2, 0.25) is 0 Å². The summed E-state index contributed by atoms with van der Waals surface area (Å²) < 4.78 is 4.97. The molecule has 0 amide bonds. The fraction of sp³-hybridized carbons (Fsp3) is 0.267. The van der Waals surface area contributed by atoms with Crippen molar-refractivity contribution in [3.8, 4) is 0 Å². The van der Waals surface area contributed by atoms with Crippen LogP contribution < -0.4 is 17.1 Å². The first-order valence-corrected chi connectivity index (χ1v) is 20.2. The van der Waals surface area contributed by atoms with Gasteiger partial charge in [-0.3, -0.25) is 28.7 Å². The van der Waals surface area contributed by atoms with E-state index in [2.05, 4.69) is 39.9 Å². The van der Waals surface area contributed by atoms with Gasteiger partial charge < -0.3 is 0 Å². The van der Waals surface area contributed by atoms with Crippen molar-refractivity contribution >= 4 is 33.9 Å². The summed E-state index contributed by atoms with van der Waals surface area (Å²) in [6.07, 6.45) is 14.3. The topological polar surface area (TPSA) is 191 Å². The summed E-state index contributed by atoms with van der Waals surface area (Å²) in [6.45, 7) is 5.97. The molecule has 0 bridgehead atoms. The molecular weight excluding hydrogens is 757 g/mol. The number of hydrogen-bond donors (Lipinski definition) is 3. The van der Waals surface area contributed by atoms with Gasteiger partial charge in [0.25, 0.3) is 0 Å². The van der Waals surface area contributed by atoms with Gasteiger partial charge in [0.1, 0.15) is 0 Å². The van der Waals surface area contributed by atoms with E-state index in [0.29, 0.717) is 39.8 Å². The van der Waals surface area contributed by atoms with Crippen LogP contribution in [0.5, 0.6) is 0 Å². The molecule has 1 aliphatic carbocycles. The molecule has 3 aromatic carbocycles. The third-order valence-electron chi connectivity index (χ3n) is 11.2. The number of H-pyrrole nitrogens is 3. The summed E-state index contributed by atoms with van der Waals surface area (Å²) in [6, 6.07) is 29.5. The van der Waals surface area contributed by atoms with Gasteiger partial charge in [-0.1, -0.05) is 110 Å². The van der Waals surface area contributed by atoms with Crippen LogP contribution in [-0.2, 0) is 0 Å². The van der Waals surface area contributed by atoms with E-state index in [0.717, 1.165) is 22.4 Å². The second-order valence-electron chi connectivity index (χ2n) is 14.9. The Labute approximate surface area is 344 Å². The lowest BCUT2D eigenvalue weighted by Crippen LogP contribution is -2.21. The lowest BCUT2D eigenvalue weighted by Gasteiger charge is -2.21. The van der Waals surface area contributed by atoms with E-state index in [1.807, 2.05) is 118 Å². The van der Waals surface area contributed by atoms with Gasteiger partial charge in [-0.2, -0.15) is 0 Å². The van der Waals surface area contributed by atoms with Crippen molar-refractivity contribution in [1.82, 2.24) is 58.6 Å². The van der Waals surface area contributed by atoms with Crippen LogP contribution in [0.2, 0.25) is 0 Å². The smallest absolute Gasteiger partial charge is 0.289 e. The number of aromatic nitrogens is 12. The maximum atomic E-state index is 12.5. The fourth-order valence-corrected chi connectivity index (χ4v) is 7.93. The van der Waals surface area contributed by atoms with E-state index in [9.17, 15) is 14.4 Å². The summed E-state index contributed by atoms with van der Waals surface area (Å²) in [7, 11) is 0. The maximum absolute atomic E-state index is 12.5. The summed E-state index contributed by atoms with van der Waals surface area (Å²) in [4.78, 5) is 70.6. The zero-order chi connectivity index (χ0) is 41.6. The second kappa shape index (κ2) is 17.7. The predicted octanol–water partition coefficient (Wildman–Crippen LogP) is 7.23. The van der Waals surface area contributed by atoms with Crippen molar-refractivity contribution in [3.05, 3.63) is 176 Å². The Morgan fingerprint density at radius 2 is 0.850 bits per heavy atom. The fourth-order valence-electron chi connectivity index (χ4n) is 7.93. The molecule has 0 saturated heterocycles. The van der Waals surface area contributed by atoms with Gasteiger partial charge in [0, 0.05) is 30.7 Å². The first kappa shape index (κ1) is 39.5. The zero-order valence-electron chi connectivity index (χ0n) is 33.6. The van der Waals surface area contributed by atoms with Crippen LogP contribution in [0.3, 0.4) is 0 Å². The highest BCUT2D eigenvalue weighted by Gasteiger charge is 2.22. The first-order valence-electron chi connectivity index (χ1n) is 20.2. The Kier molecular flexibility index (Phi) is 11.7. The molecule has 1 aliphatic rings. The Hall–Kier alpha value is -7.29. The number of aromatic amines is 3. The number of fused-ring (bicyclic) bond motifs is 3. The lowest BCUT2D eigenvalue weighted by molar-refractivity contribution is 0.436. The van der Waals surface area contributed by atoms with Gasteiger partial charge in [0.05, 0.1) is 30.0 Å². The minimum atomic E-state index is -0.187. The molecule has 0 aliphatic heterocycles. The first-order chi connectivity index (χ1) is 29.3. The highest BCUT2D eigenvalue weighted by molar-refractivity contribution is 5.67.